The van der Waals surface area contributed by atoms with E-state index in [0.29, 0.717) is 17.1 Å². The number of ether oxygens (including phenoxy) is 3. The zero-order valence-electron chi connectivity index (χ0n) is 11.5. The molecule has 0 aromatic heterocycles. The maximum atomic E-state index is 12.2. The van der Waals surface area contributed by atoms with Crippen molar-refractivity contribution in [1.29, 1.82) is 0 Å². The maximum absolute atomic E-state index is 12.2. The van der Waals surface area contributed by atoms with E-state index in [9.17, 15) is 9.59 Å². The van der Waals surface area contributed by atoms with E-state index in [2.05, 4.69) is 0 Å². The fourth-order valence-corrected chi connectivity index (χ4v) is 1.74. The van der Waals surface area contributed by atoms with Crippen LogP contribution in [0.1, 0.15) is 30.6 Å². The number of methoxy groups -OCH3 is 2. The average Bonchev–Trinajstić information content (AvgIpc) is 2.36. The quantitative estimate of drug-likeness (QED) is 0.707. The fraction of sp³-hybridized carbons (Fsp3) is 0.429. The van der Waals surface area contributed by atoms with E-state index in [4.69, 9.17) is 14.2 Å². The Labute approximate surface area is 112 Å². The molecule has 1 rings (SSSR count). The van der Waals surface area contributed by atoms with Crippen LogP contribution in [0.4, 0.5) is 0 Å². The summed E-state index contributed by atoms with van der Waals surface area (Å²) in [6.45, 7) is 4.64. The van der Waals surface area contributed by atoms with Gasteiger partial charge in [-0.05, 0) is 26.0 Å². The van der Waals surface area contributed by atoms with Crippen LogP contribution < -0.4 is 9.47 Å². The van der Waals surface area contributed by atoms with Gasteiger partial charge in [-0.25, -0.2) is 4.79 Å². The van der Waals surface area contributed by atoms with E-state index < -0.39 is 5.60 Å². The molecule has 0 bridgehead atoms. The molecule has 5 heteroatoms. The maximum Gasteiger partial charge on any atom is 0.418 e. The number of hydrogen-bond acceptors (Lipinski definition) is 5. The molecule has 1 aromatic rings. The number of carbonyl (C=O) groups excluding carboxylic acids is 2. The molecule has 0 atom stereocenters. The second-order valence-corrected chi connectivity index (χ2v) is 4.59. The zero-order valence-corrected chi connectivity index (χ0v) is 11.5. The first-order valence-electron chi connectivity index (χ1n) is 5.74. The molecule has 1 aromatic carbocycles. The lowest BCUT2D eigenvalue weighted by molar-refractivity contribution is 0.0640. The third-order valence-electron chi connectivity index (χ3n) is 2.61. The standard InChI is InChI=1S/C14H17O5/c1-14(2,19-9-15)8-11(16)10-6-5-7-12(17-3)13(10)18-4/h5-7H,8H2,1-4H3. The van der Waals surface area contributed by atoms with E-state index in [-0.39, 0.29) is 12.2 Å². The van der Waals surface area contributed by atoms with E-state index in [0.717, 1.165) is 0 Å². The molecule has 0 N–H and O–H groups in total. The third kappa shape index (κ3) is 3.71. The first kappa shape index (κ1) is 15.0. The van der Waals surface area contributed by atoms with Gasteiger partial charge in [0.2, 0.25) is 0 Å². The van der Waals surface area contributed by atoms with Crippen molar-refractivity contribution < 1.29 is 23.8 Å². The normalized spacial score (nSPS) is 10.7. The van der Waals surface area contributed by atoms with Gasteiger partial charge in [0, 0.05) is 0 Å². The van der Waals surface area contributed by atoms with Gasteiger partial charge in [-0.1, -0.05) is 6.07 Å². The molecule has 0 spiro atoms. The first-order chi connectivity index (χ1) is 8.95. The molecule has 0 saturated heterocycles. The van der Waals surface area contributed by atoms with Gasteiger partial charge in [0.25, 0.3) is 0 Å². The van der Waals surface area contributed by atoms with Crippen LogP contribution in [0.2, 0.25) is 0 Å². The van der Waals surface area contributed by atoms with E-state index in [1.54, 1.807) is 32.0 Å². The third-order valence-corrected chi connectivity index (χ3v) is 2.61. The van der Waals surface area contributed by atoms with E-state index in [1.807, 2.05) is 0 Å². The van der Waals surface area contributed by atoms with Crippen molar-refractivity contribution in [2.24, 2.45) is 0 Å². The molecule has 0 unspecified atom stereocenters. The Morgan fingerprint density at radius 2 is 1.95 bits per heavy atom. The van der Waals surface area contributed by atoms with Crippen LogP contribution in [0.3, 0.4) is 0 Å². The molecular formula is C14H17O5. The molecule has 1 radical (unpaired) electrons. The van der Waals surface area contributed by atoms with Crippen LogP contribution in [-0.2, 0) is 9.53 Å². The monoisotopic (exact) mass is 265 g/mol. The average molecular weight is 265 g/mol. The van der Waals surface area contributed by atoms with Gasteiger partial charge in [0.1, 0.15) is 5.60 Å². The van der Waals surface area contributed by atoms with Gasteiger partial charge in [0.15, 0.2) is 17.3 Å². The number of hydrogen-bond donors (Lipinski definition) is 0. The number of para-hydroxylation sites is 1. The number of ketones is 1. The number of Topliss-reactive ketones (excluding diaryl/α,β-unsaturated/α-hetero) is 1. The highest BCUT2D eigenvalue weighted by Crippen LogP contribution is 2.32. The largest absolute Gasteiger partial charge is 0.493 e. The van der Waals surface area contributed by atoms with Crippen molar-refractivity contribution in [3.63, 3.8) is 0 Å². The summed E-state index contributed by atoms with van der Waals surface area (Å²) in [6, 6.07) is 5.05. The zero-order chi connectivity index (χ0) is 14.5. The predicted octanol–water partition coefficient (Wildman–Crippen LogP) is 2.14. The molecule has 0 amide bonds. The van der Waals surface area contributed by atoms with E-state index in [1.165, 1.54) is 20.7 Å². The topological polar surface area (TPSA) is 61.8 Å². The highest BCUT2D eigenvalue weighted by Gasteiger charge is 2.26. The van der Waals surface area contributed by atoms with E-state index >= 15 is 0 Å². The molecule has 19 heavy (non-hydrogen) atoms. The van der Waals surface area contributed by atoms with Gasteiger partial charge < -0.3 is 14.2 Å². The van der Waals surface area contributed by atoms with Crippen molar-refractivity contribution in [2.45, 2.75) is 25.9 Å². The molecule has 0 aliphatic carbocycles. The lowest BCUT2D eigenvalue weighted by Crippen LogP contribution is -2.27. The summed E-state index contributed by atoms with van der Waals surface area (Å²) in [7, 11) is 2.97. The summed E-state index contributed by atoms with van der Waals surface area (Å²) in [5.74, 6) is 0.658. The van der Waals surface area contributed by atoms with Gasteiger partial charge in [0.05, 0.1) is 26.2 Å². The molecule has 0 aliphatic heterocycles. The second kappa shape index (κ2) is 6.22. The van der Waals surface area contributed by atoms with Gasteiger partial charge in [-0.15, -0.1) is 0 Å². The molecule has 0 saturated carbocycles. The molecule has 103 valence electrons. The van der Waals surface area contributed by atoms with Crippen LogP contribution in [0, 0.1) is 0 Å². The highest BCUT2D eigenvalue weighted by atomic mass is 16.5. The van der Waals surface area contributed by atoms with Crippen molar-refractivity contribution in [2.75, 3.05) is 14.2 Å². The molecule has 0 aliphatic rings. The number of carbonyl (C=O) groups is 1. The summed E-state index contributed by atoms with van der Waals surface area (Å²) in [6.07, 6.45) is 0.0335. The minimum Gasteiger partial charge on any atom is -0.493 e. The lowest BCUT2D eigenvalue weighted by atomic mass is 9.96. The van der Waals surface area contributed by atoms with Crippen LogP contribution in [0.5, 0.6) is 11.5 Å². The van der Waals surface area contributed by atoms with Crippen molar-refractivity contribution in [3.05, 3.63) is 23.8 Å². The Morgan fingerprint density at radius 3 is 2.47 bits per heavy atom. The molecule has 0 heterocycles. The first-order valence-corrected chi connectivity index (χ1v) is 5.74. The lowest BCUT2D eigenvalue weighted by Gasteiger charge is -2.21. The second-order valence-electron chi connectivity index (χ2n) is 4.59. The molecule has 5 nitrogen and oxygen atoms in total. The minimum absolute atomic E-state index is 0.0335. The number of benzene rings is 1. The summed E-state index contributed by atoms with van der Waals surface area (Å²) >= 11 is 0. The summed E-state index contributed by atoms with van der Waals surface area (Å²) in [4.78, 5) is 22.5. The van der Waals surface area contributed by atoms with Crippen LogP contribution >= 0.6 is 0 Å². The van der Waals surface area contributed by atoms with Gasteiger partial charge in [-0.2, -0.15) is 0 Å². The Hall–Kier alpha value is -2.04. The summed E-state index contributed by atoms with van der Waals surface area (Å²) in [5.41, 5.74) is -0.517. The van der Waals surface area contributed by atoms with Crippen LogP contribution in [-0.4, -0.2) is 32.1 Å². The Bertz CT molecular complexity index is 465. The predicted molar refractivity (Wildman–Crippen MR) is 69.4 cm³/mol. The highest BCUT2D eigenvalue weighted by molar-refractivity contribution is 6.00. The Balaban J connectivity index is 3.03. The van der Waals surface area contributed by atoms with Crippen LogP contribution in [0.25, 0.3) is 0 Å². The SMILES string of the molecule is COc1cccc(C(=O)CC(C)(C)O[C]=O)c1OC. The van der Waals surface area contributed by atoms with Gasteiger partial charge >= 0.3 is 6.47 Å². The smallest absolute Gasteiger partial charge is 0.418 e. The summed E-state index contributed by atoms with van der Waals surface area (Å²) < 4.78 is 15.1. The van der Waals surface area contributed by atoms with Gasteiger partial charge in [-0.3, -0.25) is 4.79 Å². The van der Waals surface area contributed by atoms with Crippen LogP contribution in [0.15, 0.2) is 18.2 Å². The fourth-order valence-electron chi connectivity index (χ4n) is 1.74. The Kier molecular flexibility index (Phi) is 4.92. The number of rotatable bonds is 7. The minimum atomic E-state index is -0.910. The molecule has 0 fully saturated rings. The summed E-state index contributed by atoms with van der Waals surface area (Å²) in [5, 5.41) is 0. The Morgan fingerprint density at radius 1 is 1.26 bits per heavy atom. The van der Waals surface area contributed by atoms with Crippen molar-refractivity contribution in [3.8, 4) is 11.5 Å². The molecular weight excluding hydrogens is 248 g/mol. The van der Waals surface area contributed by atoms with Crippen molar-refractivity contribution in [1.82, 2.24) is 0 Å². The van der Waals surface area contributed by atoms with Crippen molar-refractivity contribution >= 4 is 12.3 Å².